The Hall–Kier alpha value is -2.33. The van der Waals surface area contributed by atoms with Crippen molar-refractivity contribution in [2.45, 2.75) is 19.5 Å². The van der Waals surface area contributed by atoms with Crippen LogP contribution in [0.25, 0.3) is 11.0 Å². The quantitative estimate of drug-likeness (QED) is 0.770. The number of H-pyrrole nitrogens is 1. The average molecular weight is 281 g/mol. The lowest BCUT2D eigenvalue weighted by Crippen LogP contribution is -2.22. The molecule has 1 aromatic heterocycles. The summed E-state index contributed by atoms with van der Waals surface area (Å²) in [4.78, 5) is 10.1. The molecule has 3 rings (SSSR count). The minimum Gasteiger partial charge on any atom is -0.508 e. The van der Waals surface area contributed by atoms with Crippen LogP contribution >= 0.6 is 0 Å². The normalized spacial score (nSPS) is 12.9. The Morgan fingerprint density at radius 2 is 1.95 bits per heavy atom. The first-order chi connectivity index (χ1) is 10.1. The molecule has 2 aromatic carbocycles. The summed E-state index contributed by atoms with van der Waals surface area (Å²) in [6.45, 7) is 2.99. The highest BCUT2D eigenvalue weighted by molar-refractivity contribution is 5.76. The zero-order valence-electron chi connectivity index (χ0n) is 12.2. The molecule has 4 nitrogen and oxygen atoms in total. The second-order valence-corrected chi connectivity index (χ2v) is 5.40. The van der Waals surface area contributed by atoms with Gasteiger partial charge in [-0.15, -0.1) is 0 Å². The third kappa shape index (κ3) is 2.90. The average Bonchev–Trinajstić information content (AvgIpc) is 2.90. The molecule has 2 N–H and O–H groups in total. The molecule has 1 heterocycles. The minimum atomic E-state index is 0.166. The lowest BCUT2D eigenvalue weighted by Gasteiger charge is -2.23. The van der Waals surface area contributed by atoms with E-state index in [1.807, 2.05) is 12.1 Å². The van der Waals surface area contributed by atoms with Crippen molar-refractivity contribution in [1.82, 2.24) is 14.9 Å². The topological polar surface area (TPSA) is 52.2 Å². The van der Waals surface area contributed by atoms with Crippen LogP contribution < -0.4 is 0 Å². The Balaban J connectivity index is 1.80. The third-order valence-corrected chi connectivity index (χ3v) is 3.82. The molecule has 21 heavy (non-hydrogen) atoms. The third-order valence-electron chi connectivity index (χ3n) is 3.82. The zero-order valence-corrected chi connectivity index (χ0v) is 12.2. The van der Waals surface area contributed by atoms with E-state index in [1.54, 1.807) is 12.1 Å². The molecule has 3 aromatic rings. The number of benzene rings is 2. The number of nitrogens with zero attached hydrogens (tertiary/aromatic N) is 2. The van der Waals surface area contributed by atoms with Crippen LogP contribution in [0.5, 0.6) is 5.75 Å². The number of imidazole rings is 1. The first-order valence-corrected chi connectivity index (χ1v) is 7.06. The van der Waals surface area contributed by atoms with Crippen molar-refractivity contribution in [3.63, 3.8) is 0 Å². The SMILES string of the molecule is CC(c1nc2ccc(O)cc2[nH]1)N(C)Cc1ccccc1. The van der Waals surface area contributed by atoms with Crippen molar-refractivity contribution < 1.29 is 5.11 Å². The number of rotatable bonds is 4. The standard InChI is InChI=1S/C17H19N3O/c1-12(20(2)11-13-6-4-3-5-7-13)17-18-15-9-8-14(21)10-16(15)19-17/h3-10,12,21H,11H2,1-2H3,(H,18,19). The van der Waals surface area contributed by atoms with Gasteiger partial charge in [-0.25, -0.2) is 4.98 Å². The second kappa shape index (κ2) is 5.58. The molecule has 0 spiro atoms. The molecule has 0 amide bonds. The van der Waals surface area contributed by atoms with Gasteiger partial charge in [-0.2, -0.15) is 0 Å². The predicted molar refractivity (Wildman–Crippen MR) is 84.1 cm³/mol. The van der Waals surface area contributed by atoms with Crippen LogP contribution in [0.1, 0.15) is 24.4 Å². The summed E-state index contributed by atoms with van der Waals surface area (Å²) in [6.07, 6.45) is 0. The van der Waals surface area contributed by atoms with E-state index in [-0.39, 0.29) is 11.8 Å². The van der Waals surface area contributed by atoms with Gasteiger partial charge >= 0.3 is 0 Å². The number of aromatic nitrogens is 2. The monoisotopic (exact) mass is 281 g/mol. The molecule has 0 saturated heterocycles. The molecule has 0 aliphatic carbocycles. The lowest BCUT2D eigenvalue weighted by atomic mass is 10.2. The number of aromatic amines is 1. The van der Waals surface area contributed by atoms with Crippen LogP contribution in [0.3, 0.4) is 0 Å². The van der Waals surface area contributed by atoms with Gasteiger partial charge < -0.3 is 10.1 Å². The van der Waals surface area contributed by atoms with Gasteiger partial charge in [0, 0.05) is 12.6 Å². The van der Waals surface area contributed by atoms with E-state index in [1.165, 1.54) is 5.56 Å². The van der Waals surface area contributed by atoms with Crippen molar-refractivity contribution in [3.8, 4) is 5.75 Å². The highest BCUT2D eigenvalue weighted by Crippen LogP contribution is 2.23. The fourth-order valence-electron chi connectivity index (χ4n) is 2.43. The summed E-state index contributed by atoms with van der Waals surface area (Å²) >= 11 is 0. The van der Waals surface area contributed by atoms with Crippen LogP contribution in [0.2, 0.25) is 0 Å². The maximum atomic E-state index is 9.52. The molecular formula is C17H19N3O. The van der Waals surface area contributed by atoms with Crippen LogP contribution in [0.15, 0.2) is 48.5 Å². The van der Waals surface area contributed by atoms with Gasteiger partial charge in [-0.05, 0) is 31.7 Å². The second-order valence-electron chi connectivity index (χ2n) is 5.40. The molecule has 108 valence electrons. The molecule has 1 atom stereocenters. The molecule has 0 aliphatic heterocycles. The predicted octanol–water partition coefficient (Wildman–Crippen LogP) is 3.46. The highest BCUT2D eigenvalue weighted by Gasteiger charge is 2.16. The summed E-state index contributed by atoms with van der Waals surface area (Å²) < 4.78 is 0. The van der Waals surface area contributed by atoms with Crippen molar-refractivity contribution >= 4 is 11.0 Å². The molecule has 0 aliphatic rings. The molecule has 0 bridgehead atoms. The first-order valence-electron chi connectivity index (χ1n) is 7.06. The summed E-state index contributed by atoms with van der Waals surface area (Å²) in [7, 11) is 2.09. The lowest BCUT2D eigenvalue weighted by molar-refractivity contribution is 0.245. The summed E-state index contributed by atoms with van der Waals surface area (Å²) in [5.41, 5.74) is 3.02. The number of phenols is 1. The molecule has 1 unspecified atom stereocenters. The Bertz CT molecular complexity index is 736. The van der Waals surface area contributed by atoms with Crippen LogP contribution in [0.4, 0.5) is 0 Å². The van der Waals surface area contributed by atoms with Gasteiger partial charge in [0.25, 0.3) is 0 Å². The maximum absolute atomic E-state index is 9.52. The fourth-order valence-corrected chi connectivity index (χ4v) is 2.43. The Morgan fingerprint density at radius 3 is 2.71 bits per heavy atom. The molecule has 0 radical (unpaired) electrons. The molecule has 0 saturated carbocycles. The smallest absolute Gasteiger partial charge is 0.124 e. The van der Waals surface area contributed by atoms with Crippen LogP contribution in [0, 0.1) is 0 Å². The van der Waals surface area contributed by atoms with Crippen LogP contribution in [-0.2, 0) is 6.54 Å². The number of phenolic OH excluding ortho intramolecular Hbond substituents is 1. The van der Waals surface area contributed by atoms with E-state index in [0.717, 1.165) is 23.4 Å². The van der Waals surface area contributed by atoms with Crippen molar-refractivity contribution in [3.05, 3.63) is 59.9 Å². The van der Waals surface area contributed by atoms with Crippen molar-refractivity contribution in [2.24, 2.45) is 0 Å². The van der Waals surface area contributed by atoms with E-state index in [2.05, 4.69) is 53.1 Å². The van der Waals surface area contributed by atoms with Gasteiger partial charge in [0.05, 0.1) is 17.1 Å². The van der Waals surface area contributed by atoms with Crippen molar-refractivity contribution in [2.75, 3.05) is 7.05 Å². The largest absolute Gasteiger partial charge is 0.508 e. The molecule has 0 fully saturated rings. The van der Waals surface area contributed by atoms with Gasteiger partial charge in [0.1, 0.15) is 11.6 Å². The number of hydrogen-bond acceptors (Lipinski definition) is 3. The summed E-state index contributed by atoms with van der Waals surface area (Å²) in [6, 6.07) is 15.7. The van der Waals surface area contributed by atoms with E-state index in [9.17, 15) is 5.11 Å². The first kappa shape index (κ1) is 13.6. The van der Waals surface area contributed by atoms with E-state index in [4.69, 9.17) is 0 Å². The van der Waals surface area contributed by atoms with E-state index >= 15 is 0 Å². The van der Waals surface area contributed by atoms with Gasteiger partial charge in [-0.3, -0.25) is 4.90 Å². The van der Waals surface area contributed by atoms with Gasteiger partial charge in [0.2, 0.25) is 0 Å². The maximum Gasteiger partial charge on any atom is 0.124 e. The number of hydrogen-bond donors (Lipinski definition) is 2. The van der Waals surface area contributed by atoms with E-state index < -0.39 is 0 Å². The molecule has 4 heteroatoms. The molecular weight excluding hydrogens is 262 g/mol. The van der Waals surface area contributed by atoms with Crippen molar-refractivity contribution in [1.29, 1.82) is 0 Å². The summed E-state index contributed by atoms with van der Waals surface area (Å²) in [5, 5.41) is 9.52. The van der Waals surface area contributed by atoms with Crippen LogP contribution in [-0.4, -0.2) is 27.0 Å². The fraction of sp³-hybridized carbons (Fsp3) is 0.235. The number of nitrogens with one attached hydrogen (secondary N) is 1. The van der Waals surface area contributed by atoms with Gasteiger partial charge in [0.15, 0.2) is 0 Å². The van der Waals surface area contributed by atoms with Gasteiger partial charge in [-0.1, -0.05) is 30.3 Å². The van der Waals surface area contributed by atoms with E-state index in [0.29, 0.717) is 0 Å². The Kier molecular flexibility index (Phi) is 3.62. The number of aromatic hydroxyl groups is 1. The zero-order chi connectivity index (χ0) is 14.8. The highest BCUT2D eigenvalue weighted by atomic mass is 16.3. The minimum absolute atomic E-state index is 0.166. The summed E-state index contributed by atoms with van der Waals surface area (Å²) in [5.74, 6) is 1.16. The Morgan fingerprint density at radius 1 is 1.19 bits per heavy atom. The Labute approximate surface area is 124 Å². The number of fused-ring (bicyclic) bond motifs is 1.